The van der Waals surface area contributed by atoms with Crippen LogP contribution in [0.4, 0.5) is 26.3 Å². The molecule has 10 heteroatoms. The predicted octanol–water partition coefficient (Wildman–Crippen LogP) is 7.15. The highest BCUT2D eigenvalue weighted by Crippen LogP contribution is 2.36. The molecule has 1 aliphatic heterocycles. The predicted molar refractivity (Wildman–Crippen MR) is 143 cm³/mol. The van der Waals surface area contributed by atoms with Gasteiger partial charge in [-0.05, 0) is 48.7 Å². The van der Waals surface area contributed by atoms with Gasteiger partial charge in [-0.15, -0.1) is 0 Å². The maximum absolute atomic E-state index is 13.3. The lowest BCUT2D eigenvalue weighted by Gasteiger charge is -2.40. The minimum atomic E-state index is -4.87. The number of benzene rings is 2. The summed E-state index contributed by atoms with van der Waals surface area (Å²) in [7, 11) is 1.59. The number of halogens is 6. The molecule has 1 saturated heterocycles. The topological polar surface area (TPSA) is 27.7 Å². The number of hydrogen-bond acceptors (Lipinski definition) is 4. The fourth-order valence-corrected chi connectivity index (χ4v) is 5.99. The third-order valence-corrected chi connectivity index (χ3v) is 8.24. The quantitative estimate of drug-likeness (QED) is 0.307. The first-order valence-corrected chi connectivity index (χ1v) is 14.1. The number of para-hydroxylation sites is 1. The zero-order chi connectivity index (χ0) is 28.8. The summed E-state index contributed by atoms with van der Waals surface area (Å²) in [4.78, 5) is 4.83. The van der Waals surface area contributed by atoms with Crippen molar-refractivity contribution in [1.82, 2.24) is 15.1 Å². The van der Waals surface area contributed by atoms with Crippen LogP contribution in [0.1, 0.15) is 66.8 Å². The first-order chi connectivity index (χ1) is 19.0. The molecule has 0 bridgehead atoms. The van der Waals surface area contributed by atoms with Crippen LogP contribution in [0.25, 0.3) is 0 Å². The summed E-state index contributed by atoms with van der Waals surface area (Å²) in [5, 5.41) is 3.14. The molecule has 0 aromatic heterocycles. The third-order valence-electron chi connectivity index (χ3n) is 8.24. The summed E-state index contributed by atoms with van der Waals surface area (Å²) in [6.07, 6.45) is -1.82. The Labute approximate surface area is 232 Å². The van der Waals surface area contributed by atoms with Crippen molar-refractivity contribution in [2.24, 2.45) is 5.92 Å². The van der Waals surface area contributed by atoms with Crippen molar-refractivity contribution < 1.29 is 31.1 Å². The van der Waals surface area contributed by atoms with Crippen LogP contribution in [0.5, 0.6) is 5.75 Å². The van der Waals surface area contributed by atoms with Crippen LogP contribution < -0.4 is 10.1 Å². The van der Waals surface area contributed by atoms with Crippen LogP contribution in [0.3, 0.4) is 0 Å². The van der Waals surface area contributed by atoms with Gasteiger partial charge in [0.25, 0.3) is 0 Å². The molecule has 4 nitrogen and oxygen atoms in total. The Kier molecular flexibility index (Phi) is 10.4. The van der Waals surface area contributed by atoms with Crippen molar-refractivity contribution in [2.45, 2.75) is 63.5 Å². The van der Waals surface area contributed by atoms with Gasteiger partial charge in [0.2, 0.25) is 0 Å². The lowest BCUT2D eigenvalue weighted by Crippen LogP contribution is -2.49. The molecule has 1 heterocycles. The van der Waals surface area contributed by atoms with Crippen molar-refractivity contribution >= 4 is 0 Å². The summed E-state index contributed by atoms with van der Waals surface area (Å²) < 4.78 is 85.5. The van der Waals surface area contributed by atoms with Crippen molar-refractivity contribution in [3.8, 4) is 5.75 Å². The molecule has 2 aromatic rings. The lowest BCUT2D eigenvalue weighted by atomic mass is 9.87. The Balaban J connectivity index is 1.43. The van der Waals surface area contributed by atoms with Crippen molar-refractivity contribution in [1.29, 1.82) is 0 Å². The van der Waals surface area contributed by atoms with Crippen LogP contribution in [0.2, 0.25) is 0 Å². The molecule has 2 fully saturated rings. The van der Waals surface area contributed by atoms with Gasteiger partial charge in [0, 0.05) is 44.8 Å². The summed E-state index contributed by atoms with van der Waals surface area (Å²) in [6.45, 7) is 4.78. The summed E-state index contributed by atoms with van der Waals surface area (Å²) in [6, 6.07) is 9.19. The average Bonchev–Trinajstić information content (AvgIpc) is 2.94. The number of piperazine rings is 1. The minimum Gasteiger partial charge on any atom is -0.496 e. The average molecular weight is 572 g/mol. The van der Waals surface area contributed by atoms with Crippen molar-refractivity contribution in [2.75, 3.05) is 46.4 Å². The van der Waals surface area contributed by atoms with Crippen LogP contribution >= 0.6 is 0 Å². The number of hydrogen-bond donors (Lipinski definition) is 1. The number of nitrogens with zero attached hydrogens (tertiary/aromatic N) is 2. The van der Waals surface area contributed by atoms with Gasteiger partial charge in [-0.25, -0.2) is 0 Å². The molecule has 1 unspecified atom stereocenters. The standard InChI is InChI=1S/C30H39F6N3O/c1-40-28-10-6-5-9-26(28)27(39-15-13-38(14-16-39)12-11-22-7-3-2-4-8-22)21-37-20-23-17-24(29(31,32)33)19-25(18-23)30(34,35)36/h5-6,9-10,17-19,22,27,37H,2-4,7-8,11-16,20-21H2,1H3. The van der Waals surface area contributed by atoms with E-state index in [0.29, 0.717) is 12.3 Å². The molecule has 0 amide bonds. The van der Waals surface area contributed by atoms with Gasteiger partial charge in [0.15, 0.2) is 0 Å². The maximum Gasteiger partial charge on any atom is 0.416 e. The first-order valence-electron chi connectivity index (χ1n) is 14.1. The van der Waals surface area contributed by atoms with E-state index in [9.17, 15) is 26.3 Å². The van der Waals surface area contributed by atoms with Crippen LogP contribution in [0.15, 0.2) is 42.5 Å². The Morgan fingerprint density at radius 3 is 2.10 bits per heavy atom. The third kappa shape index (κ3) is 8.36. The zero-order valence-corrected chi connectivity index (χ0v) is 23.0. The van der Waals surface area contributed by atoms with Crippen molar-refractivity contribution in [3.05, 3.63) is 64.7 Å². The first kappa shape index (κ1) is 30.7. The van der Waals surface area contributed by atoms with E-state index in [0.717, 1.165) is 56.3 Å². The van der Waals surface area contributed by atoms with E-state index < -0.39 is 23.5 Å². The van der Waals surface area contributed by atoms with Gasteiger partial charge in [0.1, 0.15) is 5.75 Å². The van der Waals surface area contributed by atoms with E-state index in [-0.39, 0.29) is 24.2 Å². The summed E-state index contributed by atoms with van der Waals surface area (Å²) >= 11 is 0. The number of methoxy groups -OCH3 is 1. The monoisotopic (exact) mass is 571 g/mol. The smallest absolute Gasteiger partial charge is 0.416 e. The number of alkyl halides is 6. The molecule has 1 aliphatic carbocycles. The van der Waals surface area contributed by atoms with E-state index in [2.05, 4.69) is 15.1 Å². The molecular weight excluding hydrogens is 532 g/mol. The molecule has 1 atom stereocenters. The molecule has 1 N–H and O–H groups in total. The van der Waals surface area contributed by atoms with Crippen LogP contribution in [-0.2, 0) is 18.9 Å². The highest BCUT2D eigenvalue weighted by Gasteiger charge is 2.37. The molecule has 4 rings (SSSR count). The highest BCUT2D eigenvalue weighted by molar-refractivity contribution is 5.37. The van der Waals surface area contributed by atoms with Gasteiger partial charge >= 0.3 is 12.4 Å². The molecule has 222 valence electrons. The molecule has 2 aromatic carbocycles. The molecule has 0 radical (unpaired) electrons. The van der Waals surface area contributed by atoms with Gasteiger partial charge in [-0.1, -0.05) is 50.3 Å². The lowest BCUT2D eigenvalue weighted by molar-refractivity contribution is -0.143. The molecule has 2 aliphatic rings. The maximum atomic E-state index is 13.3. The van der Waals surface area contributed by atoms with E-state index in [1.165, 1.54) is 38.5 Å². The Hall–Kier alpha value is -2.30. The Bertz CT molecular complexity index is 1040. The second-order valence-corrected chi connectivity index (χ2v) is 11.0. The molecule has 40 heavy (non-hydrogen) atoms. The normalized spacial score (nSPS) is 19.1. The number of rotatable bonds is 10. The van der Waals surface area contributed by atoms with Gasteiger partial charge in [-0.3, -0.25) is 4.90 Å². The zero-order valence-electron chi connectivity index (χ0n) is 23.0. The second-order valence-electron chi connectivity index (χ2n) is 11.0. The van der Waals surface area contributed by atoms with Gasteiger partial charge in [0.05, 0.1) is 24.3 Å². The Morgan fingerprint density at radius 1 is 0.875 bits per heavy atom. The highest BCUT2D eigenvalue weighted by atomic mass is 19.4. The molecule has 0 spiro atoms. The van der Waals surface area contributed by atoms with E-state index in [1.807, 2.05) is 24.3 Å². The van der Waals surface area contributed by atoms with E-state index in [4.69, 9.17) is 4.74 Å². The molecular formula is C30H39F6N3O. The fraction of sp³-hybridized carbons (Fsp3) is 0.600. The second kappa shape index (κ2) is 13.6. The largest absolute Gasteiger partial charge is 0.496 e. The van der Waals surface area contributed by atoms with Crippen molar-refractivity contribution in [3.63, 3.8) is 0 Å². The fourth-order valence-electron chi connectivity index (χ4n) is 5.99. The van der Waals surface area contributed by atoms with Gasteiger partial charge in [-0.2, -0.15) is 26.3 Å². The van der Waals surface area contributed by atoms with Crippen LogP contribution in [-0.4, -0.2) is 56.2 Å². The number of nitrogens with one attached hydrogen (secondary N) is 1. The van der Waals surface area contributed by atoms with Crippen LogP contribution in [0, 0.1) is 5.92 Å². The van der Waals surface area contributed by atoms with E-state index >= 15 is 0 Å². The SMILES string of the molecule is COc1ccccc1C(CNCc1cc(C(F)(F)F)cc(C(F)(F)F)c1)N1CCN(CCC2CCCCC2)CC1. The van der Waals surface area contributed by atoms with Gasteiger partial charge < -0.3 is 15.0 Å². The number of ether oxygens (including phenoxy) is 1. The minimum absolute atomic E-state index is 0.0616. The van der Waals surface area contributed by atoms with E-state index in [1.54, 1.807) is 7.11 Å². The summed E-state index contributed by atoms with van der Waals surface area (Å²) in [5.41, 5.74) is -1.73. The summed E-state index contributed by atoms with van der Waals surface area (Å²) in [5.74, 6) is 1.53. The Morgan fingerprint density at radius 2 is 1.50 bits per heavy atom. The molecule has 1 saturated carbocycles.